The molecule has 116 valence electrons. The highest BCUT2D eigenvalue weighted by atomic mass is 32.2. The first-order valence-electron chi connectivity index (χ1n) is 4.67. The minimum Gasteiger partial charge on any atom is -0.226 e. The predicted octanol–water partition coefficient (Wildman–Crippen LogP) is 3.68. The van der Waals surface area contributed by atoms with Crippen molar-refractivity contribution in [2.24, 2.45) is 0 Å². The first-order valence-corrected chi connectivity index (χ1v) is 6.15. The van der Waals surface area contributed by atoms with Crippen LogP contribution in [0.2, 0.25) is 0 Å². The Bertz CT molecular complexity index is 383. The van der Waals surface area contributed by atoms with Crippen LogP contribution in [0.25, 0.3) is 0 Å². The SMILES string of the molecule is CC(F)(CC(F)(F)F)S(=O)(=O)C(C)(F)CC(F)(F)F. The van der Waals surface area contributed by atoms with E-state index in [2.05, 4.69) is 0 Å². The van der Waals surface area contributed by atoms with Gasteiger partial charge in [0, 0.05) is 0 Å². The summed E-state index contributed by atoms with van der Waals surface area (Å²) >= 11 is 0. The average Bonchev–Trinajstić information content (AvgIpc) is 1.92. The summed E-state index contributed by atoms with van der Waals surface area (Å²) in [7, 11) is -5.98. The van der Waals surface area contributed by atoms with Gasteiger partial charge in [-0.1, -0.05) is 0 Å². The molecule has 0 amide bonds. The third-order valence-electron chi connectivity index (χ3n) is 2.15. The molecule has 0 aliphatic carbocycles. The van der Waals surface area contributed by atoms with Crippen molar-refractivity contribution >= 4 is 9.84 Å². The fourth-order valence-electron chi connectivity index (χ4n) is 1.35. The zero-order valence-corrected chi connectivity index (χ0v) is 10.5. The molecule has 0 saturated heterocycles. The number of hydrogen-bond donors (Lipinski definition) is 0. The molecule has 2 atom stereocenters. The van der Waals surface area contributed by atoms with E-state index in [1.165, 1.54) is 0 Å². The molecule has 0 aromatic carbocycles. The highest BCUT2D eigenvalue weighted by molar-refractivity contribution is 7.93. The molecule has 0 radical (unpaired) electrons. The van der Waals surface area contributed by atoms with E-state index in [0.717, 1.165) is 0 Å². The fourth-order valence-corrected chi connectivity index (χ4v) is 2.94. The fraction of sp³-hybridized carbons (Fsp3) is 1.00. The second kappa shape index (κ2) is 4.74. The van der Waals surface area contributed by atoms with E-state index < -0.39 is 45.0 Å². The molecule has 0 heterocycles. The lowest BCUT2D eigenvalue weighted by molar-refractivity contribution is -0.153. The van der Waals surface area contributed by atoms with Crippen molar-refractivity contribution in [3.8, 4) is 0 Å². The summed E-state index contributed by atoms with van der Waals surface area (Å²) in [5, 5.41) is -8.39. The Kier molecular flexibility index (Phi) is 4.59. The summed E-state index contributed by atoms with van der Waals surface area (Å²) in [5.74, 6) is 0. The van der Waals surface area contributed by atoms with Crippen LogP contribution in [0.1, 0.15) is 26.7 Å². The van der Waals surface area contributed by atoms with Gasteiger partial charge in [0.15, 0.2) is 0 Å². The van der Waals surface area contributed by atoms with Crippen LogP contribution in [0.4, 0.5) is 35.1 Å². The molecule has 0 rings (SSSR count). The van der Waals surface area contributed by atoms with Gasteiger partial charge in [0.05, 0.1) is 12.8 Å². The Morgan fingerprint density at radius 3 is 1.05 bits per heavy atom. The Balaban J connectivity index is 5.48. The smallest absolute Gasteiger partial charge is 0.226 e. The minimum atomic E-state index is -5.98. The van der Waals surface area contributed by atoms with Gasteiger partial charge in [0.25, 0.3) is 0 Å². The second-order valence-electron chi connectivity index (χ2n) is 4.29. The van der Waals surface area contributed by atoms with Crippen molar-refractivity contribution in [1.29, 1.82) is 0 Å². The van der Waals surface area contributed by atoms with Crippen LogP contribution in [0.15, 0.2) is 0 Å². The van der Waals surface area contributed by atoms with E-state index in [1.807, 2.05) is 0 Å². The lowest BCUT2D eigenvalue weighted by Gasteiger charge is -2.30. The van der Waals surface area contributed by atoms with Gasteiger partial charge >= 0.3 is 12.4 Å². The lowest BCUT2D eigenvalue weighted by atomic mass is 10.3. The summed E-state index contributed by atoms with van der Waals surface area (Å²) in [6, 6.07) is 0. The van der Waals surface area contributed by atoms with Crippen LogP contribution >= 0.6 is 0 Å². The van der Waals surface area contributed by atoms with Crippen molar-refractivity contribution < 1.29 is 43.5 Å². The number of rotatable bonds is 4. The number of sulfone groups is 1. The molecule has 2 unspecified atom stereocenters. The molecular formula is C8H10F8O2S. The Morgan fingerprint density at radius 2 is 0.895 bits per heavy atom. The van der Waals surface area contributed by atoms with Crippen molar-refractivity contribution in [3.63, 3.8) is 0 Å². The monoisotopic (exact) mass is 322 g/mol. The van der Waals surface area contributed by atoms with Gasteiger partial charge in [-0.3, -0.25) is 0 Å². The highest BCUT2D eigenvalue weighted by Crippen LogP contribution is 2.43. The molecule has 19 heavy (non-hydrogen) atoms. The van der Waals surface area contributed by atoms with E-state index in [4.69, 9.17) is 0 Å². The van der Waals surface area contributed by atoms with Gasteiger partial charge in [-0.15, -0.1) is 0 Å². The van der Waals surface area contributed by atoms with Crippen LogP contribution in [-0.2, 0) is 9.84 Å². The quantitative estimate of drug-likeness (QED) is 0.740. The molecule has 0 aliphatic rings. The van der Waals surface area contributed by atoms with Crippen molar-refractivity contribution in [3.05, 3.63) is 0 Å². The molecule has 0 saturated carbocycles. The molecule has 0 fully saturated rings. The van der Waals surface area contributed by atoms with Gasteiger partial charge < -0.3 is 0 Å². The van der Waals surface area contributed by atoms with E-state index >= 15 is 0 Å². The Hall–Kier alpha value is -0.610. The zero-order chi connectivity index (χ0) is 15.9. The summed E-state index contributed by atoms with van der Waals surface area (Å²) in [5.41, 5.74) is 0. The van der Waals surface area contributed by atoms with E-state index in [9.17, 15) is 43.5 Å². The topological polar surface area (TPSA) is 34.1 Å². The predicted molar refractivity (Wildman–Crippen MR) is 49.3 cm³/mol. The molecule has 0 aliphatic heterocycles. The summed E-state index contributed by atoms with van der Waals surface area (Å²) < 4.78 is 121. The molecule has 0 aromatic heterocycles. The molecular weight excluding hydrogens is 312 g/mol. The highest BCUT2D eigenvalue weighted by Gasteiger charge is 2.60. The maximum absolute atomic E-state index is 13.5. The van der Waals surface area contributed by atoms with Crippen LogP contribution in [0.3, 0.4) is 0 Å². The first-order chi connectivity index (χ1) is 7.91. The van der Waals surface area contributed by atoms with Crippen LogP contribution in [0, 0.1) is 0 Å². The number of alkyl halides is 8. The zero-order valence-electron chi connectivity index (χ0n) is 9.66. The average molecular weight is 322 g/mol. The Labute approximate surface area is 103 Å². The third-order valence-corrected chi connectivity index (χ3v) is 4.68. The van der Waals surface area contributed by atoms with E-state index in [1.54, 1.807) is 0 Å². The first kappa shape index (κ1) is 18.4. The molecule has 0 spiro atoms. The van der Waals surface area contributed by atoms with Crippen molar-refractivity contribution in [2.75, 3.05) is 0 Å². The molecule has 2 nitrogen and oxygen atoms in total. The van der Waals surface area contributed by atoms with Crippen molar-refractivity contribution in [2.45, 2.75) is 49.0 Å². The Morgan fingerprint density at radius 1 is 0.684 bits per heavy atom. The third kappa shape index (κ3) is 4.77. The maximum Gasteiger partial charge on any atom is 0.393 e. The summed E-state index contributed by atoms with van der Waals surface area (Å²) in [6.07, 6.45) is -15.8. The molecule has 11 heteroatoms. The van der Waals surface area contributed by atoms with Crippen LogP contribution in [0.5, 0.6) is 0 Å². The van der Waals surface area contributed by atoms with E-state index in [-0.39, 0.29) is 13.8 Å². The van der Waals surface area contributed by atoms with Crippen molar-refractivity contribution in [1.82, 2.24) is 0 Å². The molecule has 0 bridgehead atoms. The van der Waals surface area contributed by atoms with Gasteiger partial charge in [0.2, 0.25) is 19.8 Å². The van der Waals surface area contributed by atoms with Gasteiger partial charge in [-0.05, 0) is 13.8 Å². The largest absolute Gasteiger partial charge is 0.393 e. The number of hydrogen-bond acceptors (Lipinski definition) is 2. The standard InChI is InChI=1S/C8H10F8O2S/c1-5(9,3-7(11,12)13)19(17,18)6(2,10)4-8(14,15)16/h3-4H2,1-2H3. The summed E-state index contributed by atoms with van der Waals surface area (Å²) in [4.78, 5) is 0. The lowest BCUT2D eigenvalue weighted by Crippen LogP contribution is -2.48. The number of halogens is 8. The minimum absolute atomic E-state index is 0.121. The van der Waals surface area contributed by atoms with E-state index in [0.29, 0.717) is 0 Å². The maximum atomic E-state index is 13.5. The molecule has 0 N–H and O–H groups in total. The van der Waals surface area contributed by atoms with Gasteiger partial charge in [-0.25, -0.2) is 17.2 Å². The van der Waals surface area contributed by atoms with Crippen LogP contribution < -0.4 is 0 Å². The summed E-state index contributed by atoms with van der Waals surface area (Å²) in [6.45, 7) is -0.242. The van der Waals surface area contributed by atoms with Gasteiger partial charge in [0.1, 0.15) is 0 Å². The normalized spacial score (nSPS) is 20.7. The van der Waals surface area contributed by atoms with Gasteiger partial charge in [-0.2, -0.15) is 26.3 Å². The molecule has 0 aromatic rings. The van der Waals surface area contributed by atoms with Crippen LogP contribution in [-0.4, -0.2) is 30.8 Å². The second-order valence-corrected chi connectivity index (χ2v) is 7.00.